The lowest BCUT2D eigenvalue weighted by molar-refractivity contribution is 0.112. The predicted molar refractivity (Wildman–Crippen MR) is 55.0 cm³/mol. The summed E-state index contributed by atoms with van der Waals surface area (Å²) in [6.07, 6.45) is 0.774. The summed E-state index contributed by atoms with van der Waals surface area (Å²) in [5.41, 5.74) is 0. The molecule has 0 unspecified atom stereocenters. The minimum Gasteiger partial charge on any atom is -0.297 e. The second-order valence-corrected chi connectivity index (χ2v) is 4.27. The maximum absolute atomic E-state index is 10.5. The van der Waals surface area contributed by atoms with Crippen LogP contribution in [0.4, 0.5) is 0 Å². The summed E-state index contributed by atoms with van der Waals surface area (Å²) < 4.78 is 0. The van der Waals surface area contributed by atoms with Gasteiger partial charge in [0.2, 0.25) is 0 Å². The van der Waals surface area contributed by atoms with Crippen LogP contribution in [0, 0.1) is 0 Å². The van der Waals surface area contributed by atoms with Gasteiger partial charge in [-0.05, 0) is 12.1 Å². The van der Waals surface area contributed by atoms with Gasteiger partial charge < -0.3 is 0 Å². The van der Waals surface area contributed by atoms with E-state index in [4.69, 9.17) is 23.2 Å². The van der Waals surface area contributed by atoms with E-state index in [-0.39, 0.29) is 0 Å². The van der Waals surface area contributed by atoms with Crippen molar-refractivity contribution in [1.82, 2.24) is 4.98 Å². The Balaban J connectivity index is 2.82. The Labute approximate surface area is 88.1 Å². The number of fused-ring (bicyclic) bond motifs is 1. The van der Waals surface area contributed by atoms with Gasteiger partial charge in [0.25, 0.3) is 0 Å². The van der Waals surface area contributed by atoms with Crippen molar-refractivity contribution < 1.29 is 4.79 Å². The molecule has 2 aromatic heterocycles. The van der Waals surface area contributed by atoms with Gasteiger partial charge in [0.05, 0.1) is 9.90 Å². The Bertz CT molecular complexity index is 480. The third kappa shape index (κ3) is 1.55. The molecule has 2 rings (SSSR count). The molecule has 0 bridgehead atoms. The van der Waals surface area contributed by atoms with E-state index in [1.807, 2.05) is 0 Å². The first-order chi connectivity index (χ1) is 6.20. The first-order valence-corrected chi connectivity index (χ1v) is 4.98. The second-order valence-electron chi connectivity index (χ2n) is 2.41. The number of aldehydes is 1. The van der Waals surface area contributed by atoms with Gasteiger partial charge in [0.1, 0.15) is 9.98 Å². The molecule has 0 aromatic carbocycles. The first kappa shape index (κ1) is 8.94. The van der Waals surface area contributed by atoms with E-state index >= 15 is 0 Å². The number of hydrogen-bond acceptors (Lipinski definition) is 3. The molecular weight excluding hydrogens is 229 g/mol. The van der Waals surface area contributed by atoms with Crippen molar-refractivity contribution in [2.45, 2.75) is 0 Å². The Morgan fingerprint density at radius 3 is 2.85 bits per heavy atom. The zero-order valence-corrected chi connectivity index (χ0v) is 8.58. The summed E-state index contributed by atoms with van der Waals surface area (Å²) in [5.74, 6) is 0. The third-order valence-corrected chi connectivity index (χ3v) is 3.02. The van der Waals surface area contributed by atoms with Crippen LogP contribution in [0.15, 0.2) is 12.1 Å². The molecule has 0 spiro atoms. The molecule has 0 N–H and O–H groups in total. The van der Waals surface area contributed by atoms with Gasteiger partial charge >= 0.3 is 0 Å². The monoisotopic (exact) mass is 231 g/mol. The van der Waals surface area contributed by atoms with Gasteiger partial charge in [-0.3, -0.25) is 4.79 Å². The van der Waals surface area contributed by atoms with E-state index in [1.165, 1.54) is 11.3 Å². The van der Waals surface area contributed by atoms with Gasteiger partial charge in [-0.15, -0.1) is 11.3 Å². The maximum Gasteiger partial charge on any atom is 0.160 e. The summed E-state index contributed by atoms with van der Waals surface area (Å²) >= 11 is 12.9. The van der Waals surface area contributed by atoms with Crippen molar-refractivity contribution >= 4 is 51.0 Å². The fourth-order valence-electron chi connectivity index (χ4n) is 1.02. The minimum absolute atomic E-state index is 0.344. The lowest BCUT2D eigenvalue weighted by Gasteiger charge is -1.92. The molecule has 0 radical (unpaired) electrons. The highest BCUT2D eigenvalue weighted by Gasteiger charge is 2.07. The summed E-state index contributed by atoms with van der Waals surface area (Å²) in [4.78, 5) is 15.8. The SMILES string of the molecule is O=Cc1cc2c(Cl)cc(Cl)nc2s1. The third-order valence-electron chi connectivity index (χ3n) is 1.56. The molecule has 0 amide bonds. The molecule has 0 fully saturated rings. The molecule has 0 saturated heterocycles. The van der Waals surface area contributed by atoms with Crippen LogP contribution >= 0.6 is 34.5 Å². The zero-order chi connectivity index (χ0) is 9.42. The standard InChI is InChI=1S/C8H3Cl2NOS/c9-6-2-7(10)11-8-5(6)1-4(3-12)13-8/h1-3H. The molecule has 0 aliphatic rings. The van der Waals surface area contributed by atoms with Crippen molar-refractivity contribution in [1.29, 1.82) is 0 Å². The molecule has 2 heterocycles. The van der Waals surface area contributed by atoms with Gasteiger partial charge in [-0.1, -0.05) is 23.2 Å². The highest BCUT2D eigenvalue weighted by molar-refractivity contribution is 7.20. The number of pyridine rings is 1. The van der Waals surface area contributed by atoms with Crippen LogP contribution in [0.2, 0.25) is 10.2 Å². The van der Waals surface area contributed by atoms with Gasteiger partial charge in [-0.25, -0.2) is 4.98 Å². The second kappa shape index (κ2) is 3.25. The Morgan fingerprint density at radius 2 is 2.15 bits per heavy atom. The smallest absolute Gasteiger partial charge is 0.160 e. The topological polar surface area (TPSA) is 30.0 Å². The van der Waals surface area contributed by atoms with Crippen LogP contribution in [0.1, 0.15) is 9.67 Å². The van der Waals surface area contributed by atoms with E-state index in [0.717, 1.165) is 11.7 Å². The average molecular weight is 232 g/mol. The molecule has 0 aliphatic carbocycles. The van der Waals surface area contributed by atoms with E-state index in [0.29, 0.717) is 19.9 Å². The lowest BCUT2D eigenvalue weighted by Crippen LogP contribution is -1.74. The van der Waals surface area contributed by atoms with E-state index in [9.17, 15) is 4.79 Å². The molecule has 2 aromatic rings. The minimum atomic E-state index is 0.344. The van der Waals surface area contributed by atoms with Crippen LogP contribution in [-0.4, -0.2) is 11.3 Å². The number of hydrogen-bond donors (Lipinski definition) is 0. The van der Waals surface area contributed by atoms with Crippen LogP contribution in [0.25, 0.3) is 10.2 Å². The number of rotatable bonds is 1. The van der Waals surface area contributed by atoms with Crippen LogP contribution in [-0.2, 0) is 0 Å². The number of halogens is 2. The first-order valence-electron chi connectivity index (χ1n) is 3.41. The number of aromatic nitrogens is 1. The highest BCUT2D eigenvalue weighted by atomic mass is 35.5. The van der Waals surface area contributed by atoms with E-state index in [2.05, 4.69) is 4.98 Å². The van der Waals surface area contributed by atoms with Crippen molar-refractivity contribution in [3.8, 4) is 0 Å². The average Bonchev–Trinajstić information content (AvgIpc) is 2.47. The quantitative estimate of drug-likeness (QED) is 0.557. The van der Waals surface area contributed by atoms with Crippen LogP contribution in [0.3, 0.4) is 0 Å². The number of nitrogens with zero attached hydrogens (tertiary/aromatic N) is 1. The fourth-order valence-corrected chi connectivity index (χ4v) is 2.50. The Hall–Kier alpha value is -0.640. The number of carbonyl (C=O) groups is 1. The van der Waals surface area contributed by atoms with Crippen molar-refractivity contribution in [2.75, 3.05) is 0 Å². The summed E-state index contributed by atoms with van der Waals surface area (Å²) in [6.45, 7) is 0. The van der Waals surface area contributed by atoms with E-state index in [1.54, 1.807) is 12.1 Å². The predicted octanol–water partition coefficient (Wildman–Crippen LogP) is 3.42. The molecular formula is C8H3Cl2NOS. The molecule has 2 nitrogen and oxygen atoms in total. The maximum atomic E-state index is 10.5. The van der Waals surface area contributed by atoms with Crippen molar-refractivity contribution in [3.63, 3.8) is 0 Å². The van der Waals surface area contributed by atoms with E-state index < -0.39 is 0 Å². The van der Waals surface area contributed by atoms with Crippen LogP contribution < -0.4 is 0 Å². The summed E-state index contributed by atoms with van der Waals surface area (Å²) in [5, 5.41) is 1.65. The van der Waals surface area contributed by atoms with Crippen LogP contribution in [0.5, 0.6) is 0 Å². The van der Waals surface area contributed by atoms with Crippen molar-refractivity contribution in [3.05, 3.63) is 27.2 Å². The number of carbonyl (C=O) groups excluding carboxylic acids is 1. The molecule has 0 saturated carbocycles. The summed E-state index contributed by atoms with van der Waals surface area (Å²) in [7, 11) is 0. The highest BCUT2D eigenvalue weighted by Crippen LogP contribution is 2.30. The molecule has 0 aliphatic heterocycles. The molecule has 0 atom stereocenters. The molecule has 13 heavy (non-hydrogen) atoms. The Kier molecular flexibility index (Phi) is 2.24. The van der Waals surface area contributed by atoms with Crippen molar-refractivity contribution in [2.24, 2.45) is 0 Å². The zero-order valence-electron chi connectivity index (χ0n) is 6.25. The van der Waals surface area contributed by atoms with Gasteiger partial charge in [0, 0.05) is 5.39 Å². The summed E-state index contributed by atoms with van der Waals surface area (Å²) in [6, 6.07) is 3.27. The normalized spacial score (nSPS) is 10.6. The molecule has 5 heteroatoms. The fraction of sp³-hybridized carbons (Fsp3) is 0. The van der Waals surface area contributed by atoms with Gasteiger partial charge in [0.15, 0.2) is 6.29 Å². The van der Waals surface area contributed by atoms with Gasteiger partial charge in [-0.2, -0.15) is 0 Å². The molecule has 66 valence electrons. The lowest BCUT2D eigenvalue weighted by atomic mass is 10.3. The largest absolute Gasteiger partial charge is 0.297 e. The Morgan fingerprint density at radius 1 is 1.38 bits per heavy atom. The number of thiophene rings is 1.